The third kappa shape index (κ3) is 1.85. The minimum Gasteiger partial charge on any atom is -0.316 e. The highest BCUT2D eigenvalue weighted by Crippen LogP contribution is 2.33. The molecule has 1 aliphatic carbocycles. The van der Waals surface area contributed by atoms with Gasteiger partial charge in [0.05, 0.1) is 0 Å². The van der Waals surface area contributed by atoms with Crippen LogP contribution in [0.15, 0.2) is 0 Å². The van der Waals surface area contributed by atoms with E-state index < -0.39 is 0 Å². The molecule has 0 aliphatic heterocycles. The van der Waals surface area contributed by atoms with Crippen LogP contribution in [0.4, 0.5) is 0 Å². The Labute approximate surface area is 77.5 Å². The van der Waals surface area contributed by atoms with Crippen LogP contribution in [0.3, 0.4) is 0 Å². The smallest absolute Gasteiger partial charge is 0.152 e. The summed E-state index contributed by atoms with van der Waals surface area (Å²) < 4.78 is 1.74. The highest BCUT2D eigenvalue weighted by atomic mass is 15.5. The highest BCUT2D eigenvalue weighted by molar-refractivity contribution is 4.93. The predicted octanol–water partition coefficient (Wildman–Crippen LogP) is -0.249. The molecule has 5 nitrogen and oxygen atoms in total. The fourth-order valence-corrected chi connectivity index (χ4v) is 1.62. The molecule has 0 radical (unpaired) electrons. The molecule has 1 saturated carbocycles. The standard InChI is InChI=1S/C8H15N5/c1-9-7(6-3-4-6)5-8-10-11-12-13(8)2/h6-7,9H,3-5H2,1-2H3. The Morgan fingerprint density at radius 2 is 2.38 bits per heavy atom. The number of aromatic nitrogens is 4. The Bertz CT molecular complexity index is 278. The van der Waals surface area contributed by atoms with Crippen molar-refractivity contribution in [1.29, 1.82) is 0 Å². The average molecular weight is 181 g/mol. The van der Waals surface area contributed by atoms with Gasteiger partial charge in [0.25, 0.3) is 0 Å². The number of hydrogen-bond acceptors (Lipinski definition) is 4. The van der Waals surface area contributed by atoms with Crippen molar-refractivity contribution in [2.24, 2.45) is 13.0 Å². The molecule has 5 heteroatoms. The normalized spacial score (nSPS) is 18.9. The zero-order valence-electron chi connectivity index (χ0n) is 8.06. The molecule has 72 valence electrons. The van der Waals surface area contributed by atoms with Crippen LogP contribution in [0, 0.1) is 5.92 Å². The molecular weight excluding hydrogens is 166 g/mol. The van der Waals surface area contributed by atoms with Crippen LogP contribution in [-0.4, -0.2) is 33.3 Å². The summed E-state index contributed by atoms with van der Waals surface area (Å²) in [6.07, 6.45) is 3.62. The van der Waals surface area contributed by atoms with Gasteiger partial charge in [-0.05, 0) is 36.2 Å². The van der Waals surface area contributed by atoms with Crippen LogP contribution in [0.2, 0.25) is 0 Å². The number of tetrazole rings is 1. The summed E-state index contributed by atoms with van der Waals surface area (Å²) in [7, 11) is 3.89. The number of aryl methyl sites for hydroxylation is 1. The number of nitrogens with zero attached hydrogens (tertiary/aromatic N) is 4. The van der Waals surface area contributed by atoms with Crippen molar-refractivity contribution in [2.45, 2.75) is 25.3 Å². The minimum absolute atomic E-state index is 0.546. The number of hydrogen-bond donors (Lipinski definition) is 1. The minimum atomic E-state index is 0.546. The maximum absolute atomic E-state index is 3.98. The molecule has 1 heterocycles. The van der Waals surface area contributed by atoms with E-state index in [1.165, 1.54) is 12.8 Å². The van der Waals surface area contributed by atoms with Crippen molar-refractivity contribution in [1.82, 2.24) is 25.5 Å². The molecule has 13 heavy (non-hydrogen) atoms. The second-order valence-electron chi connectivity index (χ2n) is 3.66. The van der Waals surface area contributed by atoms with Crippen molar-refractivity contribution in [3.63, 3.8) is 0 Å². The molecular formula is C8H15N5. The lowest BCUT2D eigenvalue weighted by Crippen LogP contribution is -2.30. The Morgan fingerprint density at radius 1 is 1.62 bits per heavy atom. The van der Waals surface area contributed by atoms with E-state index in [4.69, 9.17) is 0 Å². The molecule has 1 unspecified atom stereocenters. The summed E-state index contributed by atoms with van der Waals surface area (Å²) in [5.74, 6) is 1.80. The molecule has 0 amide bonds. The molecule has 0 spiro atoms. The predicted molar refractivity (Wildman–Crippen MR) is 48.1 cm³/mol. The van der Waals surface area contributed by atoms with Gasteiger partial charge in [-0.3, -0.25) is 0 Å². The summed E-state index contributed by atoms with van der Waals surface area (Å²) in [5.41, 5.74) is 0. The zero-order valence-corrected chi connectivity index (χ0v) is 8.06. The van der Waals surface area contributed by atoms with Crippen LogP contribution in [0.25, 0.3) is 0 Å². The second-order valence-corrected chi connectivity index (χ2v) is 3.66. The first-order chi connectivity index (χ1) is 6.31. The lowest BCUT2D eigenvalue weighted by Gasteiger charge is -2.13. The van der Waals surface area contributed by atoms with Gasteiger partial charge in [0.15, 0.2) is 5.82 Å². The van der Waals surface area contributed by atoms with Crippen molar-refractivity contribution >= 4 is 0 Å². The quantitative estimate of drug-likeness (QED) is 0.696. The SMILES string of the molecule is CNC(Cc1nnnn1C)C1CC1. The maximum Gasteiger partial charge on any atom is 0.152 e. The van der Waals surface area contributed by atoms with Crippen molar-refractivity contribution in [3.8, 4) is 0 Å². The Kier molecular flexibility index (Phi) is 2.26. The third-order valence-electron chi connectivity index (χ3n) is 2.67. The summed E-state index contributed by atoms with van der Waals surface area (Å²) in [6, 6.07) is 0.546. The number of nitrogens with one attached hydrogen (secondary N) is 1. The molecule has 1 N–H and O–H groups in total. The largest absolute Gasteiger partial charge is 0.316 e. The fourth-order valence-electron chi connectivity index (χ4n) is 1.62. The van der Waals surface area contributed by atoms with E-state index in [1.807, 2.05) is 14.1 Å². The molecule has 1 aliphatic rings. The first-order valence-corrected chi connectivity index (χ1v) is 4.69. The van der Waals surface area contributed by atoms with Crippen LogP contribution < -0.4 is 5.32 Å². The van der Waals surface area contributed by atoms with Crippen molar-refractivity contribution in [2.75, 3.05) is 7.05 Å². The highest BCUT2D eigenvalue weighted by Gasteiger charge is 2.31. The average Bonchev–Trinajstić information content (AvgIpc) is 2.88. The monoisotopic (exact) mass is 181 g/mol. The molecule has 0 saturated heterocycles. The van der Waals surface area contributed by atoms with Crippen molar-refractivity contribution < 1.29 is 0 Å². The first-order valence-electron chi connectivity index (χ1n) is 4.69. The van der Waals surface area contributed by atoms with Gasteiger partial charge in [-0.25, -0.2) is 4.68 Å². The molecule has 0 aromatic carbocycles. The Morgan fingerprint density at radius 3 is 2.85 bits per heavy atom. The van der Waals surface area contributed by atoms with Crippen molar-refractivity contribution in [3.05, 3.63) is 5.82 Å². The van der Waals surface area contributed by atoms with Gasteiger partial charge >= 0.3 is 0 Å². The van der Waals surface area contributed by atoms with Gasteiger partial charge in [-0.1, -0.05) is 0 Å². The topological polar surface area (TPSA) is 55.6 Å². The van der Waals surface area contributed by atoms with E-state index in [1.54, 1.807) is 4.68 Å². The van der Waals surface area contributed by atoms with E-state index in [0.29, 0.717) is 6.04 Å². The Hall–Kier alpha value is -0.970. The van der Waals surface area contributed by atoms with Gasteiger partial charge in [0, 0.05) is 19.5 Å². The van der Waals surface area contributed by atoms with Gasteiger partial charge in [0.2, 0.25) is 0 Å². The van der Waals surface area contributed by atoms with Crippen LogP contribution in [-0.2, 0) is 13.5 Å². The molecule has 0 bridgehead atoms. The zero-order chi connectivity index (χ0) is 9.26. The Balaban J connectivity index is 1.99. The van der Waals surface area contributed by atoms with Crippen LogP contribution in [0.1, 0.15) is 18.7 Å². The van der Waals surface area contributed by atoms with E-state index in [2.05, 4.69) is 20.8 Å². The summed E-state index contributed by atoms with van der Waals surface area (Å²) in [4.78, 5) is 0. The molecule has 1 aromatic heterocycles. The van der Waals surface area contributed by atoms with Gasteiger partial charge in [0.1, 0.15) is 0 Å². The van der Waals surface area contributed by atoms with Gasteiger partial charge in [-0.2, -0.15) is 0 Å². The van der Waals surface area contributed by atoms with Gasteiger partial charge in [-0.15, -0.1) is 5.10 Å². The van der Waals surface area contributed by atoms with Crippen LogP contribution in [0.5, 0.6) is 0 Å². The number of rotatable bonds is 4. The first kappa shape index (κ1) is 8.62. The maximum atomic E-state index is 3.98. The molecule has 1 atom stereocenters. The van der Waals surface area contributed by atoms with E-state index in [-0.39, 0.29) is 0 Å². The van der Waals surface area contributed by atoms with Crippen LogP contribution >= 0.6 is 0 Å². The summed E-state index contributed by atoms with van der Waals surface area (Å²) in [6.45, 7) is 0. The van der Waals surface area contributed by atoms with Gasteiger partial charge < -0.3 is 5.32 Å². The van der Waals surface area contributed by atoms with E-state index in [9.17, 15) is 0 Å². The molecule has 1 fully saturated rings. The van der Waals surface area contributed by atoms with E-state index >= 15 is 0 Å². The fraction of sp³-hybridized carbons (Fsp3) is 0.875. The lowest BCUT2D eigenvalue weighted by atomic mass is 10.1. The number of likely N-dealkylation sites (N-methyl/N-ethyl adjacent to an activating group) is 1. The molecule has 2 rings (SSSR count). The summed E-state index contributed by atoms with van der Waals surface area (Å²) in [5, 5.41) is 14.7. The third-order valence-corrected chi connectivity index (χ3v) is 2.67. The second kappa shape index (κ2) is 3.41. The lowest BCUT2D eigenvalue weighted by molar-refractivity contribution is 0.479. The molecule has 1 aromatic rings. The van der Waals surface area contributed by atoms with E-state index in [0.717, 1.165) is 18.2 Å². The summed E-state index contributed by atoms with van der Waals surface area (Å²) >= 11 is 0.